The molecule has 0 spiro atoms. The Morgan fingerprint density at radius 3 is 2.24 bits per heavy atom. The van der Waals surface area contributed by atoms with E-state index in [4.69, 9.17) is 4.74 Å². The molecule has 1 aromatic rings. The van der Waals surface area contributed by atoms with Crippen LogP contribution in [0.2, 0.25) is 0 Å². The normalized spacial score (nSPS) is 22.5. The molecule has 2 heterocycles. The summed E-state index contributed by atoms with van der Waals surface area (Å²) in [4.78, 5) is 21.7. The minimum Gasteiger partial charge on any atom is -0.372 e. The molecule has 0 radical (unpaired) electrons. The quantitative estimate of drug-likeness (QED) is 0.311. The predicted molar refractivity (Wildman–Crippen MR) is 145 cm³/mol. The van der Waals surface area contributed by atoms with Gasteiger partial charge in [0.15, 0.2) is 5.96 Å². The highest BCUT2D eigenvalue weighted by Crippen LogP contribution is 2.20. The number of carbonyl (C=O) groups is 1. The van der Waals surface area contributed by atoms with E-state index in [1.807, 2.05) is 43.0 Å². The molecule has 1 amide bonds. The molecule has 0 saturated carbocycles. The summed E-state index contributed by atoms with van der Waals surface area (Å²) in [5.74, 6) is 0.871. The molecule has 2 aliphatic heterocycles. The average molecular weight is 572 g/mol. The number of rotatable bonds is 6. The van der Waals surface area contributed by atoms with Crippen LogP contribution in [0.3, 0.4) is 0 Å². The lowest BCUT2D eigenvalue weighted by Gasteiger charge is -2.41. The van der Waals surface area contributed by atoms with Crippen molar-refractivity contribution in [2.24, 2.45) is 4.99 Å². The number of piperidine rings is 1. The Bertz CT molecular complexity index is 768. The second-order valence-electron chi connectivity index (χ2n) is 9.80. The van der Waals surface area contributed by atoms with Gasteiger partial charge in [-0.15, -0.1) is 24.0 Å². The zero-order valence-electron chi connectivity index (χ0n) is 20.9. The second kappa shape index (κ2) is 12.9. The van der Waals surface area contributed by atoms with Gasteiger partial charge in [0.2, 0.25) is 0 Å². The molecular weight excluding hydrogens is 529 g/mol. The summed E-state index contributed by atoms with van der Waals surface area (Å²) in [7, 11) is 1.80. The minimum atomic E-state index is 0. The van der Waals surface area contributed by atoms with Crippen LogP contribution in [0, 0.1) is 0 Å². The lowest BCUT2D eigenvalue weighted by Crippen LogP contribution is -2.54. The van der Waals surface area contributed by atoms with Crippen LogP contribution in [0.4, 0.5) is 0 Å². The lowest BCUT2D eigenvalue weighted by molar-refractivity contribution is -0.0586. The zero-order chi connectivity index (χ0) is 23.1. The molecule has 3 rings (SSSR count). The highest BCUT2D eigenvalue weighted by molar-refractivity contribution is 14.0. The number of ether oxygens (including phenoxy) is 1. The molecule has 0 bridgehead atoms. The fourth-order valence-corrected chi connectivity index (χ4v) is 4.61. The molecule has 2 aliphatic rings. The van der Waals surface area contributed by atoms with E-state index in [1.54, 1.807) is 7.05 Å². The monoisotopic (exact) mass is 571 g/mol. The van der Waals surface area contributed by atoms with Gasteiger partial charge < -0.3 is 20.3 Å². The van der Waals surface area contributed by atoms with Crippen molar-refractivity contribution >= 4 is 35.8 Å². The largest absolute Gasteiger partial charge is 0.372 e. The van der Waals surface area contributed by atoms with Crippen molar-refractivity contribution in [3.05, 3.63) is 35.4 Å². The van der Waals surface area contributed by atoms with Crippen molar-refractivity contribution in [3.63, 3.8) is 0 Å². The van der Waals surface area contributed by atoms with Crippen LogP contribution in [0.25, 0.3) is 0 Å². The molecule has 2 fully saturated rings. The summed E-state index contributed by atoms with van der Waals surface area (Å²) in [6, 6.07) is 7.86. The van der Waals surface area contributed by atoms with E-state index in [2.05, 4.69) is 34.4 Å². The molecule has 0 aliphatic carbocycles. The molecule has 1 aromatic carbocycles. The van der Waals surface area contributed by atoms with Gasteiger partial charge in [0.1, 0.15) is 0 Å². The van der Waals surface area contributed by atoms with Crippen LogP contribution in [0.1, 0.15) is 62.9 Å². The number of likely N-dealkylation sites (tertiary alicyclic amines) is 1. The molecule has 0 aromatic heterocycles. The first-order valence-corrected chi connectivity index (χ1v) is 12.0. The van der Waals surface area contributed by atoms with Crippen LogP contribution < -0.4 is 10.6 Å². The Kier molecular flexibility index (Phi) is 10.9. The van der Waals surface area contributed by atoms with Crippen LogP contribution in [-0.2, 0) is 11.3 Å². The third-order valence-electron chi connectivity index (χ3n) is 6.49. The average Bonchev–Trinajstić information content (AvgIpc) is 2.79. The second-order valence-corrected chi connectivity index (χ2v) is 9.80. The number of nitrogens with one attached hydrogen (secondary N) is 2. The van der Waals surface area contributed by atoms with Gasteiger partial charge in [-0.05, 0) is 71.3 Å². The molecule has 2 atom stereocenters. The summed E-state index contributed by atoms with van der Waals surface area (Å²) in [5.41, 5.74) is 1.93. The van der Waals surface area contributed by atoms with Crippen molar-refractivity contribution in [2.75, 3.05) is 39.8 Å². The van der Waals surface area contributed by atoms with Crippen LogP contribution >= 0.6 is 24.0 Å². The maximum absolute atomic E-state index is 12.8. The van der Waals surface area contributed by atoms with Gasteiger partial charge in [-0.25, -0.2) is 0 Å². The molecule has 2 saturated heterocycles. The number of morpholine rings is 1. The van der Waals surface area contributed by atoms with Crippen LogP contribution in [-0.4, -0.2) is 79.2 Å². The van der Waals surface area contributed by atoms with Gasteiger partial charge in [-0.2, -0.15) is 0 Å². The lowest BCUT2D eigenvalue weighted by atomic mass is 9.98. The molecule has 2 unspecified atom stereocenters. The number of nitrogens with zero attached hydrogens (tertiary/aromatic N) is 3. The van der Waals surface area contributed by atoms with E-state index in [1.165, 1.54) is 32.4 Å². The summed E-state index contributed by atoms with van der Waals surface area (Å²) >= 11 is 0. The standard InChI is InChI=1S/C25H41N5O2.HI/c1-19-16-29(17-20(2)32-19)23(31)22-11-9-21(10-12-22)15-27-24(26-5)28-18-25(3,4)30-13-7-6-8-14-30;/h9-12,19-20H,6-8,13-18H2,1-5H3,(H2,26,27,28);1H. The highest BCUT2D eigenvalue weighted by atomic mass is 127. The minimum absolute atomic E-state index is 0. The Morgan fingerprint density at radius 2 is 1.67 bits per heavy atom. The van der Waals surface area contributed by atoms with Crippen molar-refractivity contribution in [2.45, 2.75) is 71.2 Å². The fourth-order valence-electron chi connectivity index (χ4n) is 4.61. The van der Waals surface area contributed by atoms with Crippen LogP contribution in [0.5, 0.6) is 0 Å². The molecular formula is C25H42IN5O2. The van der Waals surface area contributed by atoms with E-state index < -0.39 is 0 Å². The molecule has 186 valence electrons. The summed E-state index contributed by atoms with van der Waals surface area (Å²) < 4.78 is 5.74. The smallest absolute Gasteiger partial charge is 0.254 e. The first-order valence-electron chi connectivity index (χ1n) is 12.0. The predicted octanol–water partition coefficient (Wildman–Crippen LogP) is 3.48. The third kappa shape index (κ3) is 8.10. The summed E-state index contributed by atoms with van der Waals surface area (Å²) in [6.45, 7) is 13.8. The number of halogens is 1. The molecule has 2 N–H and O–H groups in total. The number of amides is 1. The van der Waals surface area contributed by atoms with Crippen molar-refractivity contribution in [1.82, 2.24) is 20.4 Å². The van der Waals surface area contributed by atoms with E-state index in [0.29, 0.717) is 19.6 Å². The Morgan fingerprint density at radius 1 is 1.06 bits per heavy atom. The Hall–Kier alpha value is -1.39. The number of hydrogen-bond acceptors (Lipinski definition) is 4. The van der Waals surface area contributed by atoms with Gasteiger partial charge in [-0.1, -0.05) is 18.6 Å². The number of aliphatic imine (C=N–C) groups is 1. The van der Waals surface area contributed by atoms with Crippen molar-refractivity contribution in [3.8, 4) is 0 Å². The van der Waals surface area contributed by atoms with Gasteiger partial charge in [0.25, 0.3) is 5.91 Å². The van der Waals surface area contributed by atoms with Crippen molar-refractivity contribution in [1.29, 1.82) is 0 Å². The maximum atomic E-state index is 12.8. The van der Waals surface area contributed by atoms with Crippen molar-refractivity contribution < 1.29 is 9.53 Å². The summed E-state index contributed by atoms with van der Waals surface area (Å²) in [6.07, 6.45) is 4.07. The number of carbonyl (C=O) groups excluding carboxylic acids is 1. The van der Waals surface area contributed by atoms with E-state index in [9.17, 15) is 4.79 Å². The highest BCUT2D eigenvalue weighted by Gasteiger charge is 2.28. The summed E-state index contributed by atoms with van der Waals surface area (Å²) in [5, 5.41) is 6.88. The molecule has 33 heavy (non-hydrogen) atoms. The Labute approximate surface area is 216 Å². The molecule has 7 nitrogen and oxygen atoms in total. The first-order chi connectivity index (χ1) is 15.3. The SMILES string of the molecule is CN=C(NCc1ccc(C(=O)N2CC(C)OC(C)C2)cc1)NCC(C)(C)N1CCCCC1.I. The maximum Gasteiger partial charge on any atom is 0.254 e. The molecule has 8 heteroatoms. The zero-order valence-corrected chi connectivity index (χ0v) is 23.2. The van der Waals surface area contributed by atoms with Gasteiger partial charge in [0.05, 0.1) is 12.2 Å². The van der Waals surface area contributed by atoms with E-state index in [-0.39, 0.29) is 47.6 Å². The van der Waals surface area contributed by atoms with E-state index in [0.717, 1.165) is 23.6 Å². The van der Waals surface area contributed by atoms with E-state index >= 15 is 0 Å². The van der Waals surface area contributed by atoms with Gasteiger partial charge in [0, 0.05) is 44.3 Å². The third-order valence-corrected chi connectivity index (χ3v) is 6.49. The number of guanidine groups is 1. The number of hydrogen-bond donors (Lipinski definition) is 2. The topological polar surface area (TPSA) is 69.2 Å². The van der Waals surface area contributed by atoms with Gasteiger partial charge >= 0.3 is 0 Å². The fraction of sp³-hybridized carbons (Fsp3) is 0.680. The number of benzene rings is 1. The Balaban J connectivity index is 0.00000385. The first kappa shape index (κ1) is 27.9. The van der Waals surface area contributed by atoms with Crippen LogP contribution in [0.15, 0.2) is 29.3 Å². The van der Waals surface area contributed by atoms with Gasteiger partial charge in [-0.3, -0.25) is 14.7 Å².